The van der Waals surface area contributed by atoms with Crippen LogP contribution in [-0.4, -0.2) is 7.11 Å². The molecule has 3 nitrogen and oxygen atoms in total. The van der Waals surface area contributed by atoms with E-state index in [-0.39, 0.29) is 5.82 Å². The molecule has 0 aliphatic heterocycles. The predicted octanol–water partition coefficient (Wildman–Crippen LogP) is 3.47. The quantitative estimate of drug-likeness (QED) is 0.815. The molecule has 0 bridgehead atoms. The number of hydrogen-bond acceptors (Lipinski definition) is 3. The second kappa shape index (κ2) is 4.96. The topological polar surface area (TPSA) is 47.3 Å². The highest BCUT2D eigenvalue weighted by Gasteiger charge is 2.03. The van der Waals surface area contributed by atoms with Crippen LogP contribution in [-0.2, 0) is 0 Å². The number of halogens is 1. The lowest BCUT2D eigenvalue weighted by Gasteiger charge is -2.10. The van der Waals surface area contributed by atoms with Crippen LogP contribution in [0.4, 0.5) is 21.5 Å². The summed E-state index contributed by atoms with van der Waals surface area (Å²) in [6.07, 6.45) is 0. The first kappa shape index (κ1) is 12.2. The maximum absolute atomic E-state index is 13.3. The van der Waals surface area contributed by atoms with E-state index in [0.29, 0.717) is 17.1 Å². The zero-order valence-corrected chi connectivity index (χ0v) is 10.3. The lowest BCUT2D eigenvalue weighted by atomic mass is 10.2. The molecule has 0 amide bonds. The number of ether oxygens (including phenoxy) is 1. The van der Waals surface area contributed by atoms with Gasteiger partial charge in [0.1, 0.15) is 11.6 Å². The van der Waals surface area contributed by atoms with Gasteiger partial charge in [-0.2, -0.15) is 0 Å². The second-order valence-electron chi connectivity index (χ2n) is 4.10. The van der Waals surface area contributed by atoms with Crippen LogP contribution in [0, 0.1) is 12.7 Å². The number of anilines is 3. The Morgan fingerprint density at radius 1 is 1.11 bits per heavy atom. The Labute approximate surface area is 105 Å². The summed E-state index contributed by atoms with van der Waals surface area (Å²) in [5.41, 5.74) is 8.65. The molecule has 0 saturated carbocycles. The van der Waals surface area contributed by atoms with Gasteiger partial charge in [-0.25, -0.2) is 4.39 Å². The smallest absolute Gasteiger partial charge is 0.143 e. The zero-order valence-electron chi connectivity index (χ0n) is 10.3. The minimum atomic E-state index is -0.264. The molecular weight excluding hydrogens is 231 g/mol. The Morgan fingerprint density at radius 2 is 1.89 bits per heavy atom. The molecule has 4 heteroatoms. The van der Waals surface area contributed by atoms with Gasteiger partial charge in [0.2, 0.25) is 0 Å². The molecule has 0 aliphatic carbocycles. The molecule has 0 radical (unpaired) electrons. The van der Waals surface area contributed by atoms with Crippen molar-refractivity contribution in [1.82, 2.24) is 0 Å². The summed E-state index contributed by atoms with van der Waals surface area (Å²) in [7, 11) is 1.56. The lowest BCUT2D eigenvalue weighted by molar-refractivity contribution is 0.417. The van der Waals surface area contributed by atoms with Crippen molar-refractivity contribution < 1.29 is 9.13 Å². The third-order valence-electron chi connectivity index (χ3n) is 2.56. The summed E-state index contributed by atoms with van der Waals surface area (Å²) >= 11 is 0. The number of nitrogen functional groups attached to an aromatic ring is 1. The highest BCUT2D eigenvalue weighted by molar-refractivity contribution is 5.67. The predicted molar refractivity (Wildman–Crippen MR) is 71.8 cm³/mol. The molecule has 0 saturated heterocycles. The molecule has 94 valence electrons. The summed E-state index contributed by atoms with van der Waals surface area (Å²) < 4.78 is 18.4. The first-order valence-corrected chi connectivity index (χ1v) is 5.56. The van der Waals surface area contributed by atoms with E-state index in [1.165, 1.54) is 12.1 Å². The molecule has 2 rings (SSSR count). The molecule has 3 N–H and O–H groups in total. The Bertz CT molecular complexity index is 549. The van der Waals surface area contributed by atoms with Gasteiger partial charge in [-0.15, -0.1) is 0 Å². The van der Waals surface area contributed by atoms with E-state index in [1.807, 2.05) is 19.1 Å². The fraction of sp³-hybridized carbons (Fsp3) is 0.143. The molecule has 2 aromatic rings. The average Bonchev–Trinajstić information content (AvgIpc) is 2.30. The Kier molecular flexibility index (Phi) is 3.37. The van der Waals surface area contributed by atoms with Crippen LogP contribution >= 0.6 is 0 Å². The number of nitrogens with one attached hydrogen (secondary N) is 1. The van der Waals surface area contributed by atoms with Gasteiger partial charge in [0.25, 0.3) is 0 Å². The minimum Gasteiger partial charge on any atom is -0.495 e. The van der Waals surface area contributed by atoms with Gasteiger partial charge < -0.3 is 15.8 Å². The zero-order chi connectivity index (χ0) is 13.1. The number of aryl methyl sites for hydroxylation is 1. The summed E-state index contributed by atoms with van der Waals surface area (Å²) in [4.78, 5) is 0. The number of nitrogens with two attached hydrogens (primary N) is 1. The molecule has 0 aromatic heterocycles. The van der Waals surface area contributed by atoms with E-state index in [9.17, 15) is 4.39 Å². The van der Waals surface area contributed by atoms with Crippen molar-refractivity contribution in [2.24, 2.45) is 0 Å². The molecule has 0 fully saturated rings. The second-order valence-corrected chi connectivity index (χ2v) is 4.10. The van der Waals surface area contributed by atoms with E-state index >= 15 is 0 Å². The standard InChI is InChI=1S/C14H15FN2O/c1-9-5-10(15)7-12(6-9)17-11-3-4-13(16)14(8-11)18-2/h3-8,17H,16H2,1-2H3. The molecule has 0 heterocycles. The van der Waals surface area contributed by atoms with Crippen molar-refractivity contribution in [1.29, 1.82) is 0 Å². The number of hydrogen-bond donors (Lipinski definition) is 2. The maximum Gasteiger partial charge on any atom is 0.143 e. The van der Waals surface area contributed by atoms with Gasteiger partial charge in [-0.05, 0) is 42.8 Å². The molecular formula is C14H15FN2O. The molecule has 2 aromatic carbocycles. The van der Waals surface area contributed by atoms with Gasteiger partial charge >= 0.3 is 0 Å². The van der Waals surface area contributed by atoms with Crippen LogP contribution in [0.3, 0.4) is 0 Å². The van der Waals surface area contributed by atoms with Crippen LogP contribution in [0.15, 0.2) is 36.4 Å². The van der Waals surface area contributed by atoms with E-state index in [0.717, 1.165) is 11.3 Å². The van der Waals surface area contributed by atoms with Gasteiger partial charge in [0.05, 0.1) is 12.8 Å². The maximum atomic E-state index is 13.3. The fourth-order valence-electron chi connectivity index (χ4n) is 1.76. The first-order valence-electron chi connectivity index (χ1n) is 5.56. The van der Waals surface area contributed by atoms with Gasteiger partial charge in [-0.1, -0.05) is 0 Å². The Morgan fingerprint density at radius 3 is 2.56 bits per heavy atom. The van der Waals surface area contributed by atoms with Crippen molar-refractivity contribution in [2.75, 3.05) is 18.2 Å². The van der Waals surface area contributed by atoms with Crippen LogP contribution in [0.5, 0.6) is 5.75 Å². The number of rotatable bonds is 3. The third-order valence-corrected chi connectivity index (χ3v) is 2.56. The molecule has 0 atom stereocenters. The number of benzene rings is 2. The van der Waals surface area contributed by atoms with E-state index in [1.54, 1.807) is 19.2 Å². The molecule has 0 aliphatic rings. The van der Waals surface area contributed by atoms with Crippen molar-refractivity contribution >= 4 is 17.1 Å². The summed E-state index contributed by atoms with van der Waals surface area (Å²) in [6.45, 7) is 1.85. The highest BCUT2D eigenvalue weighted by Crippen LogP contribution is 2.27. The first-order chi connectivity index (χ1) is 8.58. The van der Waals surface area contributed by atoms with Crippen molar-refractivity contribution in [3.05, 3.63) is 47.8 Å². The lowest BCUT2D eigenvalue weighted by Crippen LogP contribution is -1.96. The normalized spacial score (nSPS) is 10.2. The summed E-state index contributed by atoms with van der Waals surface area (Å²) in [6, 6.07) is 10.1. The monoisotopic (exact) mass is 246 g/mol. The molecule has 18 heavy (non-hydrogen) atoms. The van der Waals surface area contributed by atoms with Crippen LogP contribution < -0.4 is 15.8 Å². The SMILES string of the molecule is COc1cc(Nc2cc(C)cc(F)c2)ccc1N. The van der Waals surface area contributed by atoms with Crippen molar-refractivity contribution in [3.8, 4) is 5.75 Å². The summed E-state index contributed by atoms with van der Waals surface area (Å²) in [5.74, 6) is 0.327. The third kappa shape index (κ3) is 2.71. The average molecular weight is 246 g/mol. The summed E-state index contributed by atoms with van der Waals surface area (Å²) in [5, 5.41) is 3.11. The largest absolute Gasteiger partial charge is 0.495 e. The van der Waals surface area contributed by atoms with Gasteiger partial charge in [-0.3, -0.25) is 0 Å². The van der Waals surface area contributed by atoms with Crippen LogP contribution in [0.2, 0.25) is 0 Å². The Balaban J connectivity index is 2.28. The van der Waals surface area contributed by atoms with Crippen LogP contribution in [0.1, 0.15) is 5.56 Å². The van der Waals surface area contributed by atoms with E-state index in [4.69, 9.17) is 10.5 Å². The van der Waals surface area contributed by atoms with Crippen LogP contribution in [0.25, 0.3) is 0 Å². The van der Waals surface area contributed by atoms with Gasteiger partial charge in [0, 0.05) is 17.4 Å². The van der Waals surface area contributed by atoms with E-state index < -0.39 is 0 Å². The highest BCUT2D eigenvalue weighted by atomic mass is 19.1. The fourth-order valence-corrected chi connectivity index (χ4v) is 1.76. The van der Waals surface area contributed by atoms with Crippen molar-refractivity contribution in [3.63, 3.8) is 0 Å². The molecule has 0 spiro atoms. The Hall–Kier alpha value is -2.23. The molecule has 0 unspecified atom stereocenters. The van der Waals surface area contributed by atoms with Crippen molar-refractivity contribution in [2.45, 2.75) is 6.92 Å². The minimum absolute atomic E-state index is 0.264. The van der Waals surface area contributed by atoms with E-state index in [2.05, 4.69) is 5.32 Å². The van der Waals surface area contributed by atoms with Gasteiger partial charge in [0.15, 0.2) is 0 Å². The number of methoxy groups -OCH3 is 1.